The Bertz CT molecular complexity index is 624. The fraction of sp³-hybridized carbons (Fsp3) is 0.647. The number of rotatable bonds is 6. The number of nitrogens with zero attached hydrogens (tertiary/aromatic N) is 3. The van der Waals surface area contributed by atoms with E-state index >= 15 is 0 Å². The molecule has 0 aliphatic carbocycles. The molecule has 0 spiro atoms. The molecule has 2 aromatic heterocycles. The standard InChI is InChI=1S/C17H26N4OS/c1-4-22-13(3)17-18-15(11-23-17)10-21-7-5-6-14(9-21)16-8-12(2)19-20-16/h8,11,13-14H,4-7,9-10H2,1-3H3,(H,19,20)/t13-,14+/m0/s1. The van der Waals surface area contributed by atoms with E-state index in [1.165, 1.54) is 18.5 Å². The molecule has 0 radical (unpaired) electrons. The van der Waals surface area contributed by atoms with Gasteiger partial charge in [-0.25, -0.2) is 4.98 Å². The number of aromatic nitrogens is 3. The molecule has 1 saturated heterocycles. The molecule has 0 bridgehead atoms. The van der Waals surface area contributed by atoms with Crippen LogP contribution in [-0.2, 0) is 11.3 Å². The summed E-state index contributed by atoms with van der Waals surface area (Å²) < 4.78 is 5.63. The van der Waals surface area contributed by atoms with Crippen LogP contribution in [0.3, 0.4) is 0 Å². The number of hydrogen-bond donors (Lipinski definition) is 1. The zero-order chi connectivity index (χ0) is 16.2. The van der Waals surface area contributed by atoms with E-state index in [0.717, 1.165) is 42.6 Å². The lowest BCUT2D eigenvalue weighted by Gasteiger charge is -2.31. The fourth-order valence-corrected chi connectivity index (χ4v) is 4.03. The largest absolute Gasteiger partial charge is 0.372 e. The Morgan fingerprint density at radius 1 is 1.52 bits per heavy atom. The molecule has 0 amide bonds. The Morgan fingerprint density at radius 3 is 3.13 bits per heavy atom. The van der Waals surface area contributed by atoms with Crippen molar-refractivity contribution in [1.29, 1.82) is 0 Å². The van der Waals surface area contributed by atoms with Crippen LogP contribution in [0.5, 0.6) is 0 Å². The normalized spacial score (nSPS) is 20.7. The second-order valence-corrected chi connectivity index (χ2v) is 7.21. The zero-order valence-electron chi connectivity index (χ0n) is 14.2. The van der Waals surface area contributed by atoms with E-state index in [1.54, 1.807) is 11.3 Å². The zero-order valence-corrected chi connectivity index (χ0v) is 15.0. The van der Waals surface area contributed by atoms with E-state index in [4.69, 9.17) is 9.72 Å². The smallest absolute Gasteiger partial charge is 0.122 e. The average Bonchev–Trinajstić information content (AvgIpc) is 3.17. The maximum absolute atomic E-state index is 5.63. The van der Waals surface area contributed by atoms with Crippen LogP contribution in [-0.4, -0.2) is 39.8 Å². The minimum absolute atomic E-state index is 0.0971. The summed E-state index contributed by atoms with van der Waals surface area (Å²) in [6.45, 7) is 10.0. The number of likely N-dealkylation sites (tertiary alicyclic amines) is 1. The topological polar surface area (TPSA) is 54.0 Å². The highest BCUT2D eigenvalue weighted by Gasteiger charge is 2.24. The van der Waals surface area contributed by atoms with Crippen LogP contribution in [0.15, 0.2) is 11.4 Å². The Kier molecular flexibility index (Phi) is 5.46. The molecular weight excluding hydrogens is 308 g/mol. The molecule has 2 atom stereocenters. The summed E-state index contributed by atoms with van der Waals surface area (Å²) in [7, 11) is 0. The van der Waals surface area contributed by atoms with Crippen molar-refractivity contribution >= 4 is 11.3 Å². The van der Waals surface area contributed by atoms with Crippen LogP contribution in [0.2, 0.25) is 0 Å². The summed E-state index contributed by atoms with van der Waals surface area (Å²) in [4.78, 5) is 7.26. The predicted molar refractivity (Wildman–Crippen MR) is 92.7 cm³/mol. The molecule has 126 valence electrons. The number of H-pyrrole nitrogens is 1. The number of piperidine rings is 1. The number of thiazole rings is 1. The van der Waals surface area contributed by atoms with Gasteiger partial charge in [0.1, 0.15) is 11.1 Å². The first-order valence-corrected chi connectivity index (χ1v) is 9.33. The van der Waals surface area contributed by atoms with Crippen molar-refractivity contribution in [2.24, 2.45) is 0 Å². The maximum Gasteiger partial charge on any atom is 0.122 e. The van der Waals surface area contributed by atoms with Crippen molar-refractivity contribution in [3.63, 3.8) is 0 Å². The van der Waals surface area contributed by atoms with Gasteiger partial charge in [-0.1, -0.05) is 0 Å². The summed E-state index contributed by atoms with van der Waals surface area (Å²) >= 11 is 1.71. The first-order valence-electron chi connectivity index (χ1n) is 8.46. The Balaban J connectivity index is 1.59. The van der Waals surface area contributed by atoms with Gasteiger partial charge in [0, 0.05) is 36.7 Å². The maximum atomic E-state index is 5.63. The summed E-state index contributed by atoms with van der Waals surface area (Å²) in [6, 6.07) is 2.18. The molecule has 3 heterocycles. The van der Waals surface area contributed by atoms with Crippen LogP contribution in [0, 0.1) is 6.92 Å². The molecule has 2 aromatic rings. The lowest BCUT2D eigenvalue weighted by atomic mass is 9.94. The lowest BCUT2D eigenvalue weighted by molar-refractivity contribution is 0.0759. The highest BCUT2D eigenvalue weighted by Crippen LogP contribution is 2.28. The number of aromatic amines is 1. The van der Waals surface area contributed by atoms with Gasteiger partial charge < -0.3 is 4.74 Å². The SMILES string of the molecule is CCO[C@@H](C)c1nc(CN2CCC[C@@H](c3cc(C)[nH]n3)C2)cs1. The van der Waals surface area contributed by atoms with Crippen molar-refractivity contribution in [3.8, 4) is 0 Å². The van der Waals surface area contributed by atoms with Gasteiger partial charge in [0.05, 0.1) is 11.4 Å². The van der Waals surface area contributed by atoms with Crippen molar-refractivity contribution in [2.45, 2.75) is 52.2 Å². The lowest BCUT2D eigenvalue weighted by Crippen LogP contribution is -2.34. The quantitative estimate of drug-likeness (QED) is 0.876. The molecule has 6 heteroatoms. The third-order valence-electron chi connectivity index (χ3n) is 4.37. The van der Waals surface area contributed by atoms with Gasteiger partial charge in [0.2, 0.25) is 0 Å². The van der Waals surface area contributed by atoms with Crippen LogP contribution in [0.25, 0.3) is 0 Å². The molecule has 1 N–H and O–H groups in total. The van der Waals surface area contributed by atoms with Crippen molar-refractivity contribution in [1.82, 2.24) is 20.1 Å². The Labute approximate surface area is 142 Å². The van der Waals surface area contributed by atoms with E-state index < -0.39 is 0 Å². The summed E-state index contributed by atoms with van der Waals surface area (Å²) in [5.74, 6) is 0.536. The molecular formula is C17H26N4OS. The van der Waals surface area contributed by atoms with E-state index in [9.17, 15) is 0 Å². The number of ether oxygens (including phenoxy) is 1. The van der Waals surface area contributed by atoms with Gasteiger partial charge in [-0.2, -0.15) is 5.10 Å². The van der Waals surface area contributed by atoms with Crippen LogP contribution >= 0.6 is 11.3 Å². The molecule has 5 nitrogen and oxygen atoms in total. The van der Waals surface area contributed by atoms with Gasteiger partial charge in [0.15, 0.2) is 0 Å². The fourth-order valence-electron chi connectivity index (χ4n) is 3.22. The first-order chi connectivity index (χ1) is 11.2. The van der Waals surface area contributed by atoms with Crippen molar-refractivity contribution < 1.29 is 4.74 Å². The Morgan fingerprint density at radius 2 is 2.39 bits per heavy atom. The van der Waals surface area contributed by atoms with Crippen LogP contribution in [0.1, 0.15) is 60.8 Å². The second kappa shape index (κ2) is 7.55. The van der Waals surface area contributed by atoms with Crippen molar-refractivity contribution in [2.75, 3.05) is 19.7 Å². The van der Waals surface area contributed by atoms with E-state index in [2.05, 4.69) is 40.4 Å². The number of nitrogens with one attached hydrogen (secondary N) is 1. The number of aryl methyl sites for hydroxylation is 1. The predicted octanol–water partition coefficient (Wildman–Crippen LogP) is 3.65. The Hall–Kier alpha value is -1.24. The van der Waals surface area contributed by atoms with E-state index in [-0.39, 0.29) is 6.10 Å². The van der Waals surface area contributed by atoms with Gasteiger partial charge >= 0.3 is 0 Å². The average molecular weight is 334 g/mol. The van der Waals surface area contributed by atoms with E-state index in [0.29, 0.717) is 5.92 Å². The monoisotopic (exact) mass is 334 g/mol. The molecule has 3 rings (SSSR count). The molecule has 1 fully saturated rings. The third-order valence-corrected chi connectivity index (χ3v) is 5.42. The first kappa shape index (κ1) is 16.6. The van der Waals surface area contributed by atoms with Crippen LogP contribution in [0.4, 0.5) is 0 Å². The highest BCUT2D eigenvalue weighted by atomic mass is 32.1. The van der Waals surface area contributed by atoms with E-state index in [1.807, 2.05) is 6.92 Å². The minimum atomic E-state index is 0.0971. The van der Waals surface area contributed by atoms with Gasteiger partial charge in [-0.15, -0.1) is 11.3 Å². The molecule has 0 unspecified atom stereocenters. The van der Waals surface area contributed by atoms with Crippen molar-refractivity contribution in [3.05, 3.63) is 33.5 Å². The molecule has 23 heavy (non-hydrogen) atoms. The number of hydrogen-bond acceptors (Lipinski definition) is 5. The summed E-state index contributed by atoms with van der Waals surface area (Å²) in [5, 5.41) is 10.8. The third kappa shape index (κ3) is 4.19. The highest BCUT2D eigenvalue weighted by molar-refractivity contribution is 7.09. The minimum Gasteiger partial charge on any atom is -0.372 e. The second-order valence-electron chi connectivity index (χ2n) is 6.32. The summed E-state index contributed by atoms with van der Waals surface area (Å²) in [6.07, 6.45) is 2.55. The summed E-state index contributed by atoms with van der Waals surface area (Å²) in [5.41, 5.74) is 3.51. The van der Waals surface area contributed by atoms with Crippen LogP contribution < -0.4 is 0 Å². The van der Waals surface area contributed by atoms with Gasteiger partial charge in [-0.3, -0.25) is 10.00 Å². The van der Waals surface area contributed by atoms with Gasteiger partial charge in [-0.05, 0) is 46.2 Å². The van der Waals surface area contributed by atoms with Gasteiger partial charge in [0.25, 0.3) is 0 Å². The molecule has 1 aliphatic rings. The molecule has 0 saturated carbocycles. The molecule has 1 aliphatic heterocycles. The molecule has 0 aromatic carbocycles.